The summed E-state index contributed by atoms with van der Waals surface area (Å²) in [6.07, 6.45) is 3.11. The van der Waals surface area contributed by atoms with Crippen LogP contribution in [0.2, 0.25) is 5.02 Å². The Bertz CT molecular complexity index is 1000. The minimum atomic E-state index is -0.107. The third-order valence-corrected chi connectivity index (χ3v) is 4.88. The molecule has 2 aromatic carbocycles. The number of benzene rings is 2. The highest BCUT2D eigenvalue weighted by Gasteiger charge is 2.12. The molecule has 0 radical (unpaired) electrons. The summed E-state index contributed by atoms with van der Waals surface area (Å²) in [7, 11) is 0. The number of halogens is 1. The van der Waals surface area contributed by atoms with Crippen molar-refractivity contribution in [2.75, 3.05) is 0 Å². The first-order valence-electron chi connectivity index (χ1n) is 7.27. The van der Waals surface area contributed by atoms with Crippen LogP contribution < -0.4 is 0 Å². The van der Waals surface area contributed by atoms with Crippen molar-refractivity contribution < 1.29 is 5.11 Å². The second-order valence-electron chi connectivity index (χ2n) is 5.16. The first kappa shape index (κ1) is 15.1. The predicted molar refractivity (Wildman–Crippen MR) is 95.7 cm³/mol. The molecule has 0 amide bonds. The molecule has 6 heteroatoms. The molecule has 0 saturated heterocycles. The summed E-state index contributed by atoms with van der Waals surface area (Å²) in [5, 5.41) is 14.3. The van der Waals surface area contributed by atoms with Gasteiger partial charge in [0.2, 0.25) is 5.88 Å². The summed E-state index contributed by atoms with van der Waals surface area (Å²) in [5.41, 5.74) is 2.40. The van der Waals surface area contributed by atoms with Gasteiger partial charge in [-0.05, 0) is 29.8 Å². The zero-order valence-electron chi connectivity index (χ0n) is 12.4. The third-order valence-electron chi connectivity index (χ3n) is 3.60. The van der Waals surface area contributed by atoms with Gasteiger partial charge in [-0.2, -0.15) is 9.61 Å². The average Bonchev–Trinajstić information content (AvgIpc) is 3.04. The SMILES string of the molecule is Oc1c(Cl)cnc2c(-c3ccc(Sc4ccccc4)cc3)cnn12. The molecular formula is C18H12ClN3OS. The largest absolute Gasteiger partial charge is 0.492 e. The molecule has 0 aliphatic heterocycles. The van der Waals surface area contributed by atoms with Crippen LogP contribution in [-0.2, 0) is 0 Å². The van der Waals surface area contributed by atoms with Crippen LogP contribution in [0.5, 0.6) is 5.88 Å². The van der Waals surface area contributed by atoms with Gasteiger partial charge in [-0.15, -0.1) is 0 Å². The Labute approximate surface area is 147 Å². The normalized spacial score (nSPS) is 11.0. The molecule has 118 valence electrons. The predicted octanol–water partition coefficient (Wildman–Crippen LogP) is 4.91. The van der Waals surface area contributed by atoms with Crippen molar-refractivity contribution in [3.05, 3.63) is 72.0 Å². The van der Waals surface area contributed by atoms with E-state index in [1.165, 1.54) is 15.6 Å². The van der Waals surface area contributed by atoms with Crippen molar-refractivity contribution >= 4 is 29.0 Å². The molecule has 0 atom stereocenters. The van der Waals surface area contributed by atoms with Crippen molar-refractivity contribution in [3.63, 3.8) is 0 Å². The maximum absolute atomic E-state index is 9.95. The van der Waals surface area contributed by atoms with Gasteiger partial charge < -0.3 is 5.11 Å². The molecule has 0 spiro atoms. The number of aromatic hydroxyl groups is 1. The second-order valence-corrected chi connectivity index (χ2v) is 6.72. The topological polar surface area (TPSA) is 50.4 Å². The Morgan fingerprint density at radius 2 is 1.62 bits per heavy atom. The highest BCUT2D eigenvalue weighted by molar-refractivity contribution is 7.99. The Kier molecular flexibility index (Phi) is 3.88. The minimum Gasteiger partial charge on any atom is -0.492 e. The van der Waals surface area contributed by atoms with Crippen LogP contribution in [0.1, 0.15) is 0 Å². The van der Waals surface area contributed by atoms with E-state index in [1.54, 1.807) is 18.0 Å². The Morgan fingerprint density at radius 1 is 0.917 bits per heavy atom. The van der Waals surface area contributed by atoms with Crippen molar-refractivity contribution in [3.8, 4) is 17.0 Å². The van der Waals surface area contributed by atoms with Crippen LogP contribution in [-0.4, -0.2) is 19.7 Å². The van der Waals surface area contributed by atoms with Gasteiger partial charge in [0, 0.05) is 15.4 Å². The molecule has 2 heterocycles. The highest BCUT2D eigenvalue weighted by atomic mass is 35.5. The fraction of sp³-hybridized carbons (Fsp3) is 0. The number of fused-ring (bicyclic) bond motifs is 1. The fourth-order valence-corrected chi connectivity index (χ4v) is 3.40. The number of nitrogens with zero attached hydrogens (tertiary/aromatic N) is 3. The maximum Gasteiger partial charge on any atom is 0.234 e. The lowest BCUT2D eigenvalue weighted by atomic mass is 10.1. The molecule has 2 aromatic heterocycles. The molecule has 0 fully saturated rings. The van der Waals surface area contributed by atoms with Crippen LogP contribution in [0.4, 0.5) is 0 Å². The van der Waals surface area contributed by atoms with E-state index in [0.717, 1.165) is 16.0 Å². The smallest absolute Gasteiger partial charge is 0.234 e. The summed E-state index contributed by atoms with van der Waals surface area (Å²) in [6, 6.07) is 18.4. The molecule has 0 bridgehead atoms. The Morgan fingerprint density at radius 3 is 2.38 bits per heavy atom. The molecule has 1 N–H and O–H groups in total. The number of hydrogen-bond acceptors (Lipinski definition) is 4. The molecule has 24 heavy (non-hydrogen) atoms. The summed E-state index contributed by atoms with van der Waals surface area (Å²) in [4.78, 5) is 6.62. The monoisotopic (exact) mass is 353 g/mol. The van der Waals surface area contributed by atoms with Crippen LogP contribution in [0, 0.1) is 0 Å². The van der Waals surface area contributed by atoms with E-state index >= 15 is 0 Å². The van der Waals surface area contributed by atoms with E-state index < -0.39 is 0 Å². The fourth-order valence-electron chi connectivity index (χ4n) is 2.43. The van der Waals surface area contributed by atoms with Gasteiger partial charge in [-0.1, -0.05) is 53.7 Å². The number of aromatic nitrogens is 3. The summed E-state index contributed by atoms with van der Waals surface area (Å²) < 4.78 is 1.34. The van der Waals surface area contributed by atoms with E-state index in [-0.39, 0.29) is 10.9 Å². The number of hydrogen-bond donors (Lipinski definition) is 1. The van der Waals surface area contributed by atoms with Crippen molar-refractivity contribution in [2.45, 2.75) is 9.79 Å². The Balaban J connectivity index is 1.67. The van der Waals surface area contributed by atoms with Gasteiger partial charge in [0.05, 0.1) is 12.4 Å². The average molecular weight is 354 g/mol. The molecule has 4 nitrogen and oxygen atoms in total. The first-order valence-corrected chi connectivity index (χ1v) is 8.46. The van der Waals surface area contributed by atoms with E-state index in [0.29, 0.717) is 5.65 Å². The van der Waals surface area contributed by atoms with E-state index in [4.69, 9.17) is 11.6 Å². The summed E-state index contributed by atoms with van der Waals surface area (Å²) in [6.45, 7) is 0. The van der Waals surface area contributed by atoms with Crippen LogP contribution in [0.3, 0.4) is 0 Å². The molecule has 0 saturated carbocycles. The van der Waals surface area contributed by atoms with Crippen LogP contribution >= 0.6 is 23.4 Å². The lowest BCUT2D eigenvalue weighted by molar-refractivity contribution is 0.435. The molecule has 0 aliphatic carbocycles. The summed E-state index contributed by atoms with van der Waals surface area (Å²) >= 11 is 7.57. The van der Waals surface area contributed by atoms with Crippen molar-refractivity contribution in [1.82, 2.24) is 14.6 Å². The van der Waals surface area contributed by atoms with Gasteiger partial charge in [0.1, 0.15) is 5.02 Å². The summed E-state index contributed by atoms with van der Waals surface area (Å²) in [5.74, 6) is -0.107. The highest BCUT2D eigenvalue weighted by Crippen LogP contribution is 2.32. The second kappa shape index (κ2) is 6.19. The van der Waals surface area contributed by atoms with Gasteiger partial charge in [0.25, 0.3) is 0 Å². The Hall–Kier alpha value is -2.50. The van der Waals surface area contributed by atoms with E-state index in [2.05, 4.69) is 34.3 Å². The van der Waals surface area contributed by atoms with Crippen molar-refractivity contribution in [1.29, 1.82) is 0 Å². The van der Waals surface area contributed by atoms with Gasteiger partial charge >= 0.3 is 0 Å². The lowest BCUT2D eigenvalue weighted by Crippen LogP contribution is -1.91. The molecule has 0 aliphatic rings. The van der Waals surface area contributed by atoms with E-state index in [1.807, 2.05) is 30.3 Å². The van der Waals surface area contributed by atoms with Gasteiger partial charge in [-0.3, -0.25) is 0 Å². The van der Waals surface area contributed by atoms with Crippen LogP contribution in [0.15, 0.2) is 76.8 Å². The molecule has 4 rings (SSSR count). The number of rotatable bonds is 3. The zero-order valence-corrected chi connectivity index (χ0v) is 14.0. The first-order chi connectivity index (χ1) is 11.7. The molecule has 0 unspecified atom stereocenters. The van der Waals surface area contributed by atoms with Crippen molar-refractivity contribution in [2.24, 2.45) is 0 Å². The van der Waals surface area contributed by atoms with Gasteiger partial charge in [0.15, 0.2) is 5.65 Å². The standard InChI is InChI=1S/C18H12ClN3OS/c19-16-11-20-17-15(10-21-22(17)18(16)23)12-6-8-14(9-7-12)24-13-4-2-1-3-5-13/h1-11,23H. The zero-order chi connectivity index (χ0) is 16.5. The van der Waals surface area contributed by atoms with Gasteiger partial charge in [-0.25, -0.2) is 4.98 Å². The minimum absolute atomic E-state index is 0.107. The molecular weight excluding hydrogens is 342 g/mol. The van der Waals surface area contributed by atoms with E-state index in [9.17, 15) is 5.11 Å². The lowest BCUT2D eigenvalue weighted by Gasteiger charge is -2.04. The maximum atomic E-state index is 9.95. The molecule has 4 aromatic rings. The van der Waals surface area contributed by atoms with Crippen LogP contribution in [0.25, 0.3) is 16.8 Å². The quantitative estimate of drug-likeness (QED) is 0.568. The third kappa shape index (κ3) is 2.72.